The van der Waals surface area contributed by atoms with Gasteiger partial charge in [-0.2, -0.15) is 4.98 Å². The Labute approximate surface area is 105 Å². The van der Waals surface area contributed by atoms with E-state index in [0.29, 0.717) is 17.0 Å². The average Bonchev–Trinajstić information content (AvgIpc) is 2.22. The van der Waals surface area contributed by atoms with Gasteiger partial charge in [-0.1, -0.05) is 0 Å². The SMILES string of the molecule is Cc1nc(=O)[nH]c(C)c1CC(=O)NC(C)(C)CO. The van der Waals surface area contributed by atoms with Crippen LogP contribution in [0.1, 0.15) is 30.8 Å². The van der Waals surface area contributed by atoms with Gasteiger partial charge in [0.2, 0.25) is 5.91 Å². The largest absolute Gasteiger partial charge is 0.394 e. The Kier molecular flexibility index (Phi) is 4.24. The van der Waals surface area contributed by atoms with Crippen LogP contribution in [0.15, 0.2) is 4.79 Å². The van der Waals surface area contributed by atoms with Crippen molar-refractivity contribution in [2.45, 2.75) is 39.7 Å². The second-order valence-corrected chi connectivity index (χ2v) is 5.00. The maximum absolute atomic E-state index is 11.8. The fourth-order valence-corrected chi connectivity index (χ4v) is 1.64. The summed E-state index contributed by atoms with van der Waals surface area (Å²) in [6.07, 6.45) is 0.130. The molecule has 6 nitrogen and oxygen atoms in total. The Morgan fingerprint density at radius 2 is 2.06 bits per heavy atom. The first-order valence-electron chi connectivity index (χ1n) is 5.73. The van der Waals surface area contributed by atoms with Gasteiger partial charge in [0.25, 0.3) is 0 Å². The quantitative estimate of drug-likeness (QED) is 0.693. The minimum Gasteiger partial charge on any atom is -0.394 e. The molecule has 1 aromatic rings. The Balaban J connectivity index is 2.86. The maximum Gasteiger partial charge on any atom is 0.345 e. The highest BCUT2D eigenvalue weighted by molar-refractivity contribution is 5.79. The molecule has 1 amide bonds. The van der Waals surface area contributed by atoms with Gasteiger partial charge in [-0.3, -0.25) is 4.79 Å². The van der Waals surface area contributed by atoms with Gasteiger partial charge in [0.15, 0.2) is 0 Å². The first kappa shape index (κ1) is 14.4. The number of aliphatic hydroxyl groups excluding tert-OH is 1. The van der Waals surface area contributed by atoms with Crippen molar-refractivity contribution in [2.75, 3.05) is 6.61 Å². The number of aryl methyl sites for hydroxylation is 2. The van der Waals surface area contributed by atoms with Gasteiger partial charge in [0.1, 0.15) is 0 Å². The third kappa shape index (κ3) is 3.66. The second kappa shape index (κ2) is 5.30. The molecule has 0 radical (unpaired) electrons. The van der Waals surface area contributed by atoms with Gasteiger partial charge in [0, 0.05) is 17.0 Å². The molecule has 6 heteroatoms. The lowest BCUT2D eigenvalue weighted by atomic mass is 10.0. The second-order valence-electron chi connectivity index (χ2n) is 5.00. The summed E-state index contributed by atoms with van der Waals surface area (Å²) in [5.74, 6) is -0.214. The number of amides is 1. The van der Waals surface area contributed by atoms with Crippen molar-refractivity contribution < 1.29 is 9.90 Å². The van der Waals surface area contributed by atoms with Gasteiger partial charge >= 0.3 is 5.69 Å². The lowest BCUT2D eigenvalue weighted by Crippen LogP contribution is -2.47. The molecule has 0 spiro atoms. The van der Waals surface area contributed by atoms with E-state index in [9.17, 15) is 9.59 Å². The lowest BCUT2D eigenvalue weighted by Gasteiger charge is -2.23. The van der Waals surface area contributed by atoms with Crippen molar-refractivity contribution in [3.8, 4) is 0 Å². The van der Waals surface area contributed by atoms with Crippen LogP contribution < -0.4 is 11.0 Å². The zero-order valence-corrected chi connectivity index (χ0v) is 11.1. The monoisotopic (exact) mass is 253 g/mol. The Morgan fingerprint density at radius 1 is 1.44 bits per heavy atom. The number of aliphatic hydroxyl groups is 1. The number of H-pyrrole nitrogens is 1. The standard InChI is InChI=1S/C12H19N3O3/c1-7-9(8(2)14-11(18)13-7)5-10(17)15-12(3,4)6-16/h16H,5-6H2,1-4H3,(H,15,17)(H,13,14,18). The molecule has 0 fully saturated rings. The van der Waals surface area contributed by atoms with Crippen molar-refractivity contribution in [1.29, 1.82) is 0 Å². The van der Waals surface area contributed by atoms with Crippen molar-refractivity contribution >= 4 is 5.91 Å². The number of aromatic amines is 1. The molecular formula is C12H19N3O3. The predicted octanol–water partition coefficient (Wildman–Crippen LogP) is -0.184. The number of nitrogens with one attached hydrogen (secondary N) is 2. The van der Waals surface area contributed by atoms with Crippen LogP contribution in [0.3, 0.4) is 0 Å². The van der Waals surface area contributed by atoms with E-state index in [1.54, 1.807) is 27.7 Å². The highest BCUT2D eigenvalue weighted by atomic mass is 16.3. The fraction of sp³-hybridized carbons (Fsp3) is 0.583. The number of hydrogen-bond acceptors (Lipinski definition) is 4. The van der Waals surface area contributed by atoms with Crippen LogP contribution >= 0.6 is 0 Å². The molecule has 1 aromatic heterocycles. The molecule has 0 saturated carbocycles. The molecule has 0 atom stereocenters. The minimum absolute atomic E-state index is 0.130. The minimum atomic E-state index is -0.658. The fourth-order valence-electron chi connectivity index (χ4n) is 1.64. The molecule has 100 valence electrons. The van der Waals surface area contributed by atoms with E-state index < -0.39 is 11.2 Å². The summed E-state index contributed by atoms with van der Waals surface area (Å²) in [4.78, 5) is 29.3. The summed E-state index contributed by atoms with van der Waals surface area (Å²) in [6.45, 7) is 6.75. The van der Waals surface area contributed by atoms with Crippen molar-refractivity contribution in [3.63, 3.8) is 0 Å². The molecular weight excluding hydrogens is 234 g/mol. The van der Waals surface area contributed by atoms with E-state index in [-0.39, 0.29) is 18.9 Å². The number of aromatic nitrogens is 2. The first-order chi connectivity index (χ1) is 8.25. The topological polar surface area (TPSA) is 95.1 Å². The third-order valence-corrected chi connectivity index (χ3v) is 2.66. The summed E-state index contributed by atoms with van der Waals surface area (Å²) in [5.41, 5.74) is 0.831. The predicted molar refractivity (Wildman–Crippen MR) is 67.3 cm³/mol. The molecule has 1 heterocycles. The van der Waals surface area contributed by atoms with Gasteiger partial charge < -0.3 is 15.4 Å². The molecule has 3 N–H and O–H groups in total. The Morgan fingerprint density at radius 3 is 2.56 bits per heavy atom. The van der Waals surface area contributed by atoms with Crippen LogP contribution in [0.2, 0.25) is 0 Å². The summed E-state index contributed by atoms with van der Waals surface area (Å²) in [5, 5.41) is 11.8. The molecule has 1 rings (SSSR count). The highest BCUT2D eigenvalue weighted by Gasteiger charge is 2.20. The normalized spacial score (nSPS) is 11.4. The van der Waals surface area contributed by atoms with E-state index in [4.69, 9.17) is 5.11 Å². The van der Waals surface area contributed by atoms with E-state index >= 15 is 0 Å². The van der Waals surface area contributed by atoms with E-state index in [0.717, 1.165) is 0 Å². The summed E-state index contributed by atoms with van der Waals surface area (Å²) in [6, 6.07) is 0. The molecule has 0 aromatic carbocycles. The Bertz CT molecular complexity index is 480. The van der Waals surface area contributed by atoms with Gasteiger partial charge in [-0.05, 0) is 27.7 Å². The number of carbonyl (C=O) groups is 1. The van der Waals surface area contributed by atoms with Gasteiger partial charge in [-0.25, -0.2) is 4.79 Å². The number of rotatable bonds is 4. The van der Waals surface area contributed by atoms with Gasteiger partial charge in [-0.15, -0.1) is 0 Å². The van der Waals surface area contributed by atoms with Crippen LogP contribution in [0.4, 0.5) is 0 Å². The molecule has 0 bridgehead atoms. The van der Waals surface area contributed by atoms with Crippen LogP contribution in [0, 0.1) is 13.8 Å². The summed E-state index contributed by atoms with van der Waals surface area (Å²) in [7, 11) is 0. The first-order valence-corrected chi connectivity index (χ1v) is 5.73. The van der Waals surface area contributed by atoms with Crippen molar-refractivity contribution in [1.82, 2.24) is 15.3 Å². The number of carbonyl (C=O) groups excluding carboxylic acids is 1. The molecule has 0 aliphatic carbocycles. The molecule has 18 heavy (non-hydrogen) atoms. The van der Waals surface area contributed by atoms with Crippen molar-refractivity contribution in [3.05, 3.63) is 27.4 Å². The number of nitrogens with zero attached hydrogens (tertiary/aromatic N) is 1. The highest BCUT2D eigenvalue weighted by Crippen LogP contribution is 2.09. The zero-order chi connectivity index (χ0) is 13.9. The molecule has 0 unspecified atom stereocenters. The van der Waals surface area contributed by atoms with Crippen LogP contribution in [-0.2, 0) is 11.2 Å². The zero-order valence-electron chi connectivity index (χ0n) is 11.1. The molecule has 0 aliphatic heterocycles. The maximum atomic E-state index is 11.8. The van der Waals surface area contributed by atoms with E-state index in [1.807, 2.05) is 0 Å². The smallest absolute Gasteiger partial charge is 0.345 e. The number of hydrogen-bond donors (Lipinski definition) is 3. The molecule has 0 aliphatic rings. The third-order valence-electron chi connectivity index (χ3n) is 2.66. The van der Waals surface area contributed by atoms with E-state index in [2.05, 4.69) is 15.3 Å². The van der Waals surface area contributed by atoms with Crippen LogP contribution in [0.25, 0.3) is 0 Å². The van der Waals surface area contributed by atoms with Crippen LogP contribution in [0.5, 0.6) is 0 Å². The summed E-state index contributed by atoms with van der Waals surface area (Å²) >= 11 is 0. The average molecular weight is 253 g/mol. The van der Waals surface area contributed by atoms with E-state index in [1.165, 1.54) is 0 Å². The molecule has 0 saturated heterocycles. The van der Waals surface area contributed by atoms with Gasteiger partial charge in [0.05, 0.1) is 18.6 Å². The summed E-state index contributed by atoms with van der Waals surface area (Å²) < 4.78 is 0. The lowest BCUT2D eigenvalue weighted by molar-refractivity contribution is -0.122. The Hall–Kier alpha value is -1.69. The van der Waals surface area contributed by atoms with Crippen LogP contribution in [-0.4, -0.2) is 33.1 Å². The van der Waals surface area contributed by atoms with Crippen molar-refractivity contribution in [2.24, 2.45) is 0 Å².